The monoisotopic (exact) mass is 305 g/mol. The van der Waals surface area contributed by atoms with E-state index < -0.39 is 17.5 Å². The molecule has 1 N–H and O–H groups in total. The Kier molecular flexibility index (Phi) is 3.68. The van der Waals surface area contributed by atoms with E-state index in [2.05, 4.69) is 10.2 Å². The molecule has 0 aliphatic carbocycles. The quantitative estimate of drug-likeness (QED) is 0.925. The van der Waals surface area contributed by atoms with Crippen molar-refractivity contribution in [2.45, 2.75) is 32.7 Å². The van der Waals surface area contributed by atoms with Crippen molar-refractivity contribution >= 4 is 5.91 Å². The summed E-state index contributed by atoms with van der Waals surface area (Å²) in [5, 5.41) is 7.07. The first-order chi connectivity index (χ1) is 10.5. The van der Waals surface area contributed by atoms with Crippen LogP contribution in [0.2, 0.25) is 0 Å². The first-order valence-electron chi connectivity index (χ1n) is 7.27. The minimum absolute atomic E-state index is 0.145. The maximum absolute atomic E-state index is 13.9. The van der Waals surface area contributed by atoms with E-state index in [1.54, 1.807) is 4.90 Å². The molecule has 0 unspecified atom stereocenters. The van der Waals surface area contributed by atoms with Crippen LogP contribution in [0.1, 0.15) is 46.2 Å². The largest absolute Gasteiger partial charge is 0.331 e. The van der Waals surface area contributed by atoms with E-state index in [4.69, 9.17) is 0 Å². The number of amides is 1. The summed E-state index contributed by atoms with van der Waals surface area (Å²) in [5.74, 6) is -2.56. The molecule has 0 saturated carbocycles. The number of aromatic amines is 1. The molecule has 2 heterocycles. The molecule has 6 heteroatoms. The number of carbonyl (C=O) groups is 1. The number of hydrogen-bond donors (Lipinski definition) is 1. The van der Waals surface area contributed by atoms with Gasteiger partial charge in [0.2, 0.25) is 0 Å². The second-order valence-electron chi connectivity index (χ2n) is 5.61. The van der Waals surface area contributed by atoms with E-state index >= 15 is 0 Å². The second kappa shape index (κ2) is 5.51. The van der Waals surface area contributed by atoms with E-state index in [9.17, 15) is 13.6 Å². The van der Waals surface area contributed by atoms with E-state index in [1.807, 2.05) is 13.8 Å². The molecular formula is C16H17F2N3O. The van der Waals surface area contributed by atoms with Gasteiger partial charge < -0.3 is 4.90 Å². The van der Waals surface area contributed by atoms with E-state index in [0.717, 1.165) is 35.9 Å². The smallest absolute Gasteiger partial charge is 0.257 e. The Morgan fingerprint density at radius 3 is 2.82 bits per heavy atom. The van der Waals surface area contributed by atoms with Gasteiger partial charge in [-0.25, -0.2) is 8.78 Å². The van der Waals surface area contributed by atoms with E-state index in [1.165, 1.54) is 12.1 Å². The van der Waals surface area contributed by atoms with Crippen molar-refractivity contribution in [3.8, 4) is 0 Å². The lowest BCUT2D eigenvalue weighted by molar-refractivity contribution is 0.0729. The van der Waals surface area contributed by atoms with Gasteiger partial charge in [0.05, 0.1) is 17.3 Å². The molecule has 1 fully saturated rings. The summed E-state index contributed by atoms with van der Waals surface area (Å²) in [7, 11) is 0. The number of H-pyrrole nitrogens is 1. The highest BCUT2D eigenvalue weighted by Gasteiger charge is 2.34. The van der Waals surface area contributed by atoms with Gasteiger partial charge in [-0.15, -0.1) is 0 Å². The third-order valence-corrected chi connectivity index (χ3v) is 4.21. The van der Waals surface area contributed by atoms with Gasteiger partial charge in [-0.1, -0.05) is 6.07 Å². The second-order valence-corrected chi connectivity index (χ2v) is 5.61. The van der Waals surface area contributed by atoms with Crippen molar-refractivity contribution in [3.63, 3.8) is 0 Å². The first-order valence-corrected chi connectivity index (χ1v) is 7.27. The number of nitrogens with one attached hydrogen (secondary N) is 1. The highest BCUT2D eigenvalue weighted by molar-refractivity contribution is 5.95. The lowest BCUT2D eigenvalue weighted by Gasteiger charge is -2.25. The molecule has 1 saturated heterocycles. The molecule has 1 aromatic carbocycles. The lowest BCUT2D eigenvalue weighted by Crippen LogP contribution is -2.31. The van der Waals surface area contributed by atoms with E-state index in [-0.39, 0.29) is 11.6 Å². The summed E-state index contributed by atoms with van der Waals surface area (Å²) in [6.45, 7) is 4.31. The molecule has 1 amide bonds. The number of carbonyl (C=O) groups excluding carboxylic acids is 1. The molecule has 1 aliphatic rings. The van der Waals surface area contributed by atoms with Gasteiger partial charge in [0, 0.05) is 17.8 Å². The molecule has 3 rings (SSSR count). The summed E-state index contributed by atoms with van der Waals surface area (Å²) in [5.41, 5.74) is 2.50. The van der Waals surface area contributed by atoms with Gasteiger partial charge in [-0.3, -0.25) is 9.89 Å². The lowest BCUT2D eigenvalue weighted by atomic mass is 10.0. The molecular weight excluding hydrogens is 288 g/mol. The molecule has 1 aromatic heterocycles. The number of hydrogen-bond acceptors (Lipinski definition) is 2. The third-order valence-electron chi connectivity index (χ3n) is 4.21. The molecule has 2 aromatic rings. The van der Waals surface area contributed by atoms with Crippen molar-refractivity contribution in [1.82, 2.24) is 15.1 Å². The van der Waals surface area contributed by atoms with Crippen LogP contribution in [0.25, 0.3) is 0 Å². The van der Waals surface area contributed by atoms with Crippen LogP contribution >= 0.6 is 0 Å². The Hall–Kier alpha value is -2.24. The number of aryl methyl sites for hydroxylation is 2. The Morgan fingerprint density at radius 1 is 1.36 bits per heavy atom. The van der Waals surface area contributed by atoms with Crippen LogP contribution in [0, 0.1) is 25.5 Å². The third kappa shape index (κ3) is 2.28. The van der Waals surface area contributed by atoms with E-state index in [0.29, 0.717) is 6.54 Å². The van der Waals surface area contributed by atoms with Crippen molar-refractivity contribution < 1.29 is 13.6 Å². The van der Waals surface area contributed by atoms with Crippen LogP contribution in [-0.2, 0) is 0 Å². The van der Waals surface area contributed by atoms with Crippen LogP contribution < -0.4 is 0 Å². The molecule has 116 valence electrons. The minimum Gasteiger partial charge on any atom is -0.331 e. The highest BCUT2D eigenvalue weighted by Crippen LogP contribution is 2.36. The van der Waals surface area contributed by atoms with Gasteiger partial charge in [0.25, 0.3) is 5.91 Å². The number of benzene rings is 1. The number of aromatic nitrogens is 2. The predicted molar refractivity (Wildman–Crippen MR) is 77.4 cm³/mol. The zero-order valence-corrected chi connectivity index (χ0v) is 12.5. The highest BCUT2D eigenvalue weighted by atomic mass is 19.2. The maximum Gasteiger partial charge on any atom is 0.257 e. The topological polar surface area (TPSA) is 49.0 Å². The maximum atomic E-state index is 13.9. The number of nitrogens with zero attached hydrogens (tertiary/aromatic N) is 2. The fourth-order valence-corrected chi connectivity index (χ4v) is 3.18. The predicted octanol–water partition coefficient (Wildman–Crippen LogP) is 3.28. The van der Waals surface area contributed by atoms with Gasteiger partial charge in [0.15, 0.2) is 11.6 Å². The standard InChI is InChI=1S/C16H17F2N3O/c1-9-14(10(2)20-19-9)13-7-4-8-21(13)16(22)11-5-3-6-12(17)15(11)18/h3,5-6,13H,4,7-8H2,1-2H3,(H,19,20)/t13-/m0/s1. The van der Waals surface area contributed by atoms with Gasteiger partial charge in [-0.05, 0) is 38.8 Å². The Labute approximate surface area is 127 Å². The van der Waals surface area contributed by atoms with Crippen molar-refractivity contribution in [3.05, 3.63) is 52.3 Å². The molecule has 1 aliphatic heterocycles. The number of halogens is 2. The number of rotatable bonds is 2. The molecule has 0 radical (unpaired) electrons. The summed E-state index contributed by atoms with van der Waals surface area (Å²) in [4.78, 5) is 14.3. The van der Waals surface area contributed by atoms with Gasteiger partial charge in [-0.2, -0.15) is 5.10 Å². The fraction of sp³-hybridized carbons (Fsp3) is 0.375. The summed E-state index contributed by atoms with van der Waals surface area (Å²) >= 11 is 0. The molecule has 22 heavy (non-hydrogen) atoms. The number of likely N-dealkylation sites (tertiary alicyclic amines) is 1. The van der Waals surface area contributed by atoms with Crippen LogP contribution in [0.3, 0.4) is 0 Å². The molecule has 1 atom stereocenters. The molecule has 0 bridgehead atoms. The van der Waals surface area contributed by atoms with Crippen LogP contribution in [-0.4, -0.2) is 27.5 Å². The van der Waals surface area contributed by atoms with Crippen molar-refractivity contribution in [1.29, 1.82) is 0 Å². The SMILES string of the molecule is Cc1n[nH]c(C)c1[C@@H]1CCCN1C(=O)c1cccc(F)c1F. The summed E-state index contributed by atoms with van der Waals surface area (Å²) in [6.07, 6.45) is 1.63. The Balaban J connectivity index is 1.97. The summed E-state index contributed by atoms with van der Waals surface area (Å²) < 4.78 is 27.3. The normalized spacial score (nSPS) is 18.0. The zero-order chi connectivity index (χ0) is 15.9. The van der Waals surface area contributed by atoms with Crippen LogP contribution in [0.15, 0.2) is 18.2 Å². The average Bonchev–Trinajstić information content (AvgIpc) is 3.08. The van der Waals surface area contributed by atoms with Crippen LogP contribution in [0.4, 0.5) is 8.78 Å². The Bertz CT molecular complexity index is 707. The van der Waals surface area contributed by atoms with Crippen molar-refractivity contribution in [2.75, 3.05) is 6.54 Å². The van der Waals surface area contributed by atoms with Gasteiger partial charge in [0.1, 0.15) is 0 Å². The van der Waals surface area contributed by atoms with Crippen molar-refractivity contribution in [2.24, 2.45) is 0 Å². The minimum atomic E-state index is -1.08. The fourth-order valence-electron chi connectivity index (χ4n) is 3.18. The average molecular weight is 305 g/mol. The van der Waals surface area contributed by atoms with Gasteiger partial charge >= 0.3 is 0 Å². The zero-order valence-electron chi connectivity index (χ0n) is 12.5. The van der Waals surface area contributed by atoms with Crippen LogP contribution in [0.5, 0.6) is 0 Å². The molecule has 4 nitrogen and oxygen atoms in total. The first kappa shape index (κ1) is 14.7. The Morgan fingerprint density at radius 2 is 2.14 bits per heavy atom. The summed E-state index contributed by atoms with van der Waals surface area (Å²) in [6, 6.07) is 3.54. The molecule has 0 spiro atoms.